The molecule has 0 unspecified atom stereocenters. The van der Waals surface area contributed by atoms with Gasteiger partial charge in [0.2, 0.25) is 0 Å². The number of nitrogens with one attached hydrogen (secondary N) is 2. The van der Waals surface area contributed by atoms with Crippen LogP contribution in [0.15, 0.2) is 46.3 Å². The molecule has 0 fully saturated rings. The van der Waals surface area contributed by atoms with Gasteiger partial charge in [0.15, 0.2) is 0 Å². The molecular formula is C10H10BrN5O2S. The molecule has 2 heterocycles. The van der Waals surface area contributed by atoms with E-state index in [4.69, 9.17) is 5.84 Å². The van der Waals surface area contributed by atoms with Crippen LogP contribution in [0.5, 0.6) is 0 Å². The minimum atomic E-state index is -3.79. The van der Waals surface area contributed by atoms with Crippen molar-refractivity contribution in [1.82, 2.24) is 9.97 Å². The van der Waals surface area contributed by atoms with Crippen LogP contribution in [0.1, 0.15) is 0 Å². The highest BCUT2D eigenvalue weighted by atomic mass is 79.9. The van der Waals surface area contributed by atoms with Gasteiger partial charge in [0.1, 0.15) is 4.90 Å². The van der Waals surface area contributed by atoms with Crippen LogP contribution in [0, 0.1) is 0 Å². The molecule has 0 aliphatic heterocycles. The molecule has 0 saturated carbocycles. The van der Waals surface area contributed by atoms with Gasteiger partial charge in [-0.05, 0) is 28.1 Å². The monoisotopic (exact) mass is 343 g/mol. The Kier molecular flexibility index (Phi) is 3.98. The smallest absolute Gasteiger partial charge is 0.265 e. The summed E-state index contributed by atoms with van der Waals surface area (Å²) in [6.45, 7) is 0. The Bertz CT molecular complexity index is 692. The van der Waals surface area contributed by atoms with Gasteiger partial charge in [-0.15, -0.1) is 0 Å². The van der Waals surface area contributed by atoms with E-state index >= 15 is 0 Å². The molecule has 0 aliphatic carbocycles. The third-order valence-electron chi connectivity index (χ3n) is 2.25. The lowest BCUT2D eigenvalue weighted by Crippen LogP contribution is -2.18. The molecule has 4 N–H and O–H groups in total. The van der Waals surface area contributed by atoms with Crippen LogP contribution in [0.4, 0.5) is 11.4 Å². The summed E-state index contributed by atoms with van der Waals surface area (Å²) in [5.74, 6) is 5.28. The average molecular weight is 344 g/mol. The molecule has 19 heavy (non-hydrogen) atoms. The number of rotatable bonds is 4. The zero-order chi connectivity index (χ0) is 13.9. The van der Waals surface area contributed by atoms with Crippen LogP contribution in [0.3, 0.4) is 0 Å². The van der Waals surface area contributed by atoms with E-state index in [0.29, 0.717) is 10.2 Å². The molecule has 2 aromatic heterocycles. The summed E-state index contributed by atoms with van der Waals surface area (Å²) in [7, 11) is -3.79. The number of nitrogens with two attached hydrogens (primary N) is 1. The van der Waals surface area contributed by atoms with Crippen LogP contribution in [0.2, 0.25) is 0 Å². The molecule has 0 aromatic carbocycles. The lowest BCUT2D eigenvalue weighted by molar-refractivity contribution is 0.601. The number of hydrogen-bond acceptors (Lipinski definition) is 6. The Morgan fingerprint density at radius 1 is 1.11 bits per heavy atom. The van der Waals surface area contributed by atoms with E-state index in [-0.39, 0.29) is 10.6 Å². The third kappa shape index (κ3) is 3.00. The number of aromatic nitrogens is 2. The molecule has 0 saturated heterocycles. The van der Waals surface area contributed by atoms with Crippen molar-refractivity contribution in [3.63, 3.8) is 0 Å². The zero-order valence-corrected chi connectivity index (χ0v) is 11.9. The molecule has 9 heteroatoms. The summed E-state index contributed by atoms with van der Waals surface area (Å²) in [4.78, 5) is 7.60. The Balaban J connectivity index is 2.41. The maximum absolute atomic E-state index is 12.2. The molecule has 0 aliphatic rings. The number of pyridine rings is 2. The summed E-state index contributed by atoms with van der Waals surface area (Å²) in [5.41, 5.74) is 2.95. The van der Waals surface area contributed by atoms with Gasteiger partial charge in [-0.3, -0.25) is 20.5 Å². The van der Waals surface area contributed by atoms with Gasteiger partial charge in [-0.1, -0.05) is 0 Å². The number of hydrazine groups is 1. The number of nitrogen functional groups attached to an aromatic ring is 1. The first-order valence-electron chi connectivity index (χ1n) is 5.07. The minimum absolute atomic E-state index is 0.0405. The molecule has 0 radical (unpaired) electrons. The Hall–Kier alpha value is -1.71. The quantitative estimate of drug-likeness (QED) is 0.570. The Morgan fingerprint density at radius 2 is 1.74 bits per heavy atom. The number of halogens is 1. The molecule has 2 aromatic rings. The molecule has 0 bridgehead atoms. The van der Waals surface area contributed by atoms with Crippen molar-refractivity contribution in [3.8, 4) is 0 Å². The first kappa shape index (κ1) is 13.7. The first-order chi connectivity index (χ1) is 9.04. The highest BCUT2D eigenvalue weighted by molar-refractivity contribution is 9.10. The van der Waals surface area contributed by atoms with Crippen molar-refractivity contribution >= 4 is 37.3 Å². The molecule has 0 amide bonds. The van der Waals surface area contributed by atoms with Crippen molar-refractivity contribution in [3.05, 3.63) is 41.4 Å². The second-order valence-corrected chi connectivity index (χ2v) is 5.98. The predicted octanol–water partition coefficient (Wildman–Crippen LogP) is 1.33. The highest BCUT2D eigenvalue weighted by Crippen LogP contribution is 2.25. The second kappa shape index (κ2) is 5.51. The number of anilines is 2. The number of sulfonamides is 1. The average Bonchev–Trinajstić information content (AvgIpc) is 2.41. The highest BCUT2D eigenvalue weighted by Gasteiger charge is 2.19. The lowest BCUT2D eigenvalue weighted by atomic mass is 10.4. The molecular weight excluding hydrogens is 334 g/mol. The zero-order valence-electron chi connectivity index (χ0n) is 9.54. The third-order valence-corrected chi connectivity index (χ3v) is 4.27. The minimum Gasteiger partial charge on any atom is -0.323 e. The first-order valence-corrected chi connectivity index (χ1v) is 7.35. The molecule has 100 valence electrons. The van der Waals surface area contributed by atoms with E-state index in [1.165, 1.54) is 36.9 Å². The van der Waals surface area contributed by atoms with Crippen LogP contribution in [-0.2, 0) is 10.0 Å². The Morgan fingerprint density at radius 3 is 2.37 bits per heavy atom. The van der Waals surface area contributed by atoms with Crippen LogP contribution >= 0.6 is 15.9 Å². The summed E-state index contributed by atoms with van der Waals surface area (Å²) >= 11 is 3.21. The fourth-order valence-electron chi connectivity index (χ4n) is 1.37. The molecule has 0 spiro atoms. The van der Waals surface area contributed by atoms with E-state index in [1.54, 1.807) is 0 Å². The molecule has 7 nitrogen and oxygen atoms in total. The van der Waals surface area contributed by atoms with Gasteiger partial charge < -0.3 is 5.43 Å². The predicted molar refractivity (Wildman–Crippen MR) is 74.8 cm³/mol. The molecule has 2 rings (SSSR count). The van der Waals surface area contributed by atoms with Gasteiger partial charge in [-0.2, -0.15) is 0 Å². The largest absolute Gasteiger partial charge is 0.323 e. The SMILES string of the molecule is NNc1ccncc1S(=O)(=O)Nc1ccncc1Br. The number of hydrogen-bond donors (Lipinski definition) is 3. The standard InChI is InChI=1S/C10H10BrN5O2S/c11-7-5-13-3-1-8(7)16-19(17,18)10-6-14-4-2-9(10)15-12/h1-6H,12H2,(H,13,16)(H,14,15). The topological polar surface area (TPSA) is 110 Å². The van der Waals surface area contributed by atoms with Gasteiger partial charge in [0.05, 0.1) is 15.8 Å². The summed E-state index contributed by atoms with van der Waals surface area (Å²) < 4.78 is 27.5. The second-order valence-electron chi connectivity index (χ2n) is 3.48. The van der Waals surface area contributed by atoms with Gasteiger partial charge in [0, 0.05) is 24.8 Å². The van der Waals surface area contributed by atoms with E-state index in [0.717, 1.165) is 0 Å². The van der Waals surface area contributed by atoms with E-state index in [1.807, 2.05) is 0 Å². The Labute approximate surface area is 118 Å². The summed E-state index contributed by atoms with van der Waals surface area (Å²) in [6.07, 6.45) is 5.63. The summed E-state index contributed by atoms with van der Waals surface area (Å²) in [6, 6.07) is 3.00. The van der Waals surface area contributed by atoms with Crippen molar-refractivity contribution in [1.29, 1.82) is 0 Å². The molecule has 0 atom stereocenters. The van der Waals surface area contributed by atoms with E-state index < -0.39 is 10.0 Å². The van der Waals surface area contributed by atoms with E-state index in [9.17, 15) is 8.42 Å². The van der Waals surface area contributed by atoms with Crippen molar-refractivity contribution in [2.45, 2.75) is 4.90 Å². The maximum Gasteiger partial charge on any atom is 0.265 e. The van der Waals surface area contributed by atoms with Gasteiger partial charge in [0.25, 0.3) is 10.0 Å². The summed E-state index contributed by atoms with van der Waals surface area (Å²) in [5, 5.41) is 0. The van der Waals surface area contributed by atoms with Crippen molar-refractivity contribution < 1.29 is 8.42 Å². The lowest BCUT2D eigenvalue weighted by Gasteiger charge is -2.11. The van der Waals surface area contributed by atoms with Crippen molar-refractivity contribution in [2.75, 3.05) is 10.1 Å². The van der Waals surface area contributed by atoms with Crippen LogP contribution < -0.4 is 16.0 Å². The fourth-order valence-corrected chi connectivity index (χ4v) is 3.05. The van der Waals surface area contributed by atoms with Gasteiger partial charge in [-0.25, -0.2) is 8.42 Å². The number of nitrogens with zero attached hydrogens (tertiary/aromatic N) is 2. The van der Waals surface area contributed by atoms with Crippen LogP contribution in [0.25, 0.3) is 0 Å². The fraction of sp³-hybridized carbons (Fsp3) is 0. The van der Waals surface area contributed by atoms with E-state index in [2.05, 4.69) is 36.0 Å². The maximum atomic E-state index is 12.2. The van der Waals surface area contributed by atoms with Crippen molar-refractivity contribution in [2.24, 2.45) is 5.84 Å². The van der Waals surface area contributed by atoms with Crippen LogP contribution in [-0.4, -0.2) is 18.4 Å². The van der Waals surface area contributed by atoms with Gasteiger partial charge >= 0.3 is 0 Å². The normalized spacial score (nSPS) is 11.1.